The Labute approximate surface area is 202 Å². The van der Waals surface area contributed by atoms with Crippen LogP contribution in [-0.2, 0) is 30.7 Å². The minimum atomic E-state index is -0.904. The number of anilines is 1. The number of carbonyl (C=O) groups excluding carboxylic acids is 2. The predicted molar refractivity (Wildman–Crippen MR) is 126 cm³/mol. The molecule has 2 amide bonds. The maximum absolute atomic E-state index is 14.9. The van der Waals surface area contributed by atoms with Crippen molar-refractivity contribution in [3.05, 3.63) is 58.7 Å². The summed E-state index contributed by atoms with van der Waals surface area (Å²) in [6, 6.07) is 8.05. The molecule has 1 aromatic carbocycles. The Morgan fingerprint density at radius 3 is 2.77 bits per heavy atom. The molecule has 2 N–H and O–H groups in total. The van der Waals surface area contributed by atoms with Gasteiger partial charge < -0.3 is 19.9 Å². The smallest absolute Gasteiger partial charge is 0.259 e. The van der Waals surface area contributed by atoms with E-state index in [1.54, 1.807) is 36.9 Å². The Balaban J connectivity index is 1.36. The molecule has 0 fully saturated rings. The zero-order valence-corrected chi connectivity index (χ0v) is 19.7. The molecule has 9 nitrogen and oxygen atoms in total. The third kappa shape index (κ3) is 4.29. The number of hydrogen-bond donors (Lipinski definition) is 2. The average Bonchev–Trinajstić information content (AvgIpc) is 3.47. The number of pyridine rings is 1. The van der Waals surface area contributed by atoms with Gasteiger partial charge in [-0.2, -0.15) is 0 Å². The lowest BCUT2D eigenvalue weighted by molar-refractivity contribution is -0.143. The van der Waals surface area contributed by atoms with Gasteiger partial charge in [-0.05, 0) is 62.1 Å². The molecule has 35 heavy (non-hydrogen) atoms. The zero-order valence-electron chi connectivity index (χ0n) is 19.7. The van der Waals surface area contributed by atoms with Crippen LogP contribution in [0.3, 0.4) is 0 Å². The van der Waals surface area contributed by atoms with E-state index >= 15 is 0 Å². The Bertz CT molecular complexity index is 1320. The number of benzene rings is 1. The van der Waals surface area contributed by atoms with Crippen molar-refractivity contribution < 1.29 is 19.1 Å². The van der Waals surface area contributed by atoms with Gasteiger partial charge in [0.15, 0.2) is 5.82 Å². The molecule has 0 spiro atoms. The van der Waals surface area contributed by atoms with Crippen LogP contribution < -0.4 is 5.32 Å². The molecule has 2 aliphatic heterocycles. The van der Waals surface area contributed by atoms with E-state index in [1.165, 1.54) is 12.1 Å². The normalized spacial score (nSPS) is 15.0. The summed E-state index contributed by atoms with van der Waals surface area (Å²) in [5, 5.41) is 20.6. The predicted octanol–water partition coefficient (Wildman–Crippen LogP) is 2.58. The van der Waals surface area contributed by atoms with Gasteiger partial charge in [0.25, 0.3) is 5.91 Å². The van der Waals surface area contributed by atoms with E-state index < -0.39 is 17.1 Å². The summed E-state index contributed by atoms with van der Waals surface area (Å²) in [7, 11) is 0. The second kappa shape index (κ2) is 8.84. The van der Waals surface area contributed by atoms with Crippen molar-refractivity contribution >= 4 is 17.6 Å². The fourth-order valence-corrected chi connectivity index (χ4v) is 4.57. The van der Waals surface area contributed by atoms with Gasteiger partial charge in [-0.25, -0.2) is 9.37 Å². The molecule has 0 atom stereocenters. The molecule has 182 valence electrons. The Morgan fingerprint density at radius 2 is 1.97 bits per heavy atom. The second-order valence-corrected chi connectivity index (χ2v) is 9.68. The largest absolute Gasteiger partial charge is 0.395 e. The standard InChI is InChI=1S/C25H27FN6O3/c1-25(2,14-33)24(35)31-10-8-15-12-18(26)17(11-16(15)13-31)23(34)28-20-6-3-5-19(27-20)22-30-29-21-7-4-9-32(21)22/h3,5-6,11-12,33H,4,7-10,13-14H2,1-2H3,(H,27,28,34). The number of aromatic nitrogens is 4. The van der Waals surface area contributed by atoms with Gasteiger partial charge in [0, 0.05) is 26.1 Å². The molecular formula is C25H27FN6O3. The molecule has 4 heterocycles. The van der Waals surface area contributed by atoms with E-state index in [2.05, 4.69) is 20.5 Å². The minimum Gasteiger partial charge on any atom is -0.395 e. The van der Waals surface area contributed by atoms with Crippen LogP contribution in [0.5, 0.6) is 0 Å². The SMILES string of the molecule is CC(C)(CO)C(=O)N1CCc2cc(F)c(C(=O)Nc3cccc(-c4nnc5n4CCC5)n3)cc2C1. The molecule has 0 radical (unpaired) electrons. The van der Waals surface area contributed by atoms with Crippen molar-refractivity contribution in [1.29, 1.82) is 0 Å². The topological polar surface area (TPSA) is 113 Å². The van der Waals surface area contributed by atoms with Crippen molar-refractivity contribution in [1.82, 2.24) is 24.6 Å². The van der Waals surface area contributed by atoms with E-state index in [9.17, 15) is 19.1 Å². The fourth-order valence-electron chi connectivity index (χ4n) is 4.57. The molecule has 0 aliphatic carbocycles. The molecule has 3 aromatic rings. The number of aliphatic hydroxyl groups is 1. The molecule has 0 saturated carbocycles. The first-order valence-electron chi connectivity index (χ1n) is 11.7. The van der Waals surface area contributed by atoms with Crippen LogP contribution in [0.25, 0.3) is 11.5 Å². The zero-order chi connectivity index (χ0) is 24.7. The summed E-state index contributed by atoms with van der Waals surface area (Å²) in [6.45, 7) is 4.61. The van der Waals surface area contributed by atoms with Crippen molar-refractivity contribution in [3.63, 3.8) is 0 Å². The maximum Gasteiger partial charge on any atom is 0.259 e. The summed E-state index contributed by atoms with van der Waals surface area (Å²) in [6.07, 6.45) is 2.36. The van der Waals surface area contributed by atoms with Gasteiger partial charge in [-0.15, -0.1) is 10.2 Å². The molecule has 0 saturated heterocycles. The highest BCUT2D eigenvalue weighted by atomic mass is 19.1. The van der Waals surface area contributed by atoms with E-state index in [0.717, 1.165) is 30.8 Å². The molecular weight excluding hydrogens is 451 g/mol. The molecule has 2 aromatic heterocycles. The van der Waals surface area contributed by atoms with Crippen molar-refractivity contribution in [2.75, 3.05) is 18.5 Å². The number of aryl methyl sites for hydroxylation is 1. The highest BCUT2D eigenvalue weighted by Gasteiger charge is 2.33. The van der Waals surface area contributed by atoms with Gasteiger partial charge in [0.05, 0.1) is 17.6 Å². The lowest BCUT2D eigenvalue weighted by Gasteiger charge is -2.34. The van der Waals surface area contributed by atoms with Crippen LogP contribution in [0, 0.1) is 11.2 Å². The number of nitrogens with one attached hydrogen (secondary N) is 1. The lowest BCUT2D eigenvalue weighted by atomic mass is 9.90. The van der Waals surface area contributed by atoms with Gasteiger partial charge in [0.1, 0.15) is 23.2 Å². The second-order valence-electron chi connectivity index (χ2n) is 9.68. The van der Waals surface area contributed by atoms with Gasteiger partial charge in [-0.1, -0.05) is 6.07 Å². The number of aliphatic hydroxyl groups excluding tert-OH is 1. The van der Waals surface area contributed by atoms with Crippen LogP contribution in [0.15, 0.2) is 30.3 Å². The summed E-state index contributed by atoms with van der Waals surface area (Å²) < 4.78 is 16.9. The Kier molecular flexibility index (Phi) is 5.84. The molecule has 5 rings (SSSR count). The molecule has 0 bridgehead atoms. The first-order valence-corrected chi connectivity index (χ1v) is 11.7. The highest BCUT2D eigenvalue weighted by Crippen LogP contribution is 2.28. The van der Waals surface area contributed by atoms with Crippen molar-refractivity contribution in [2.45, 2.75) is 46.2 Å². The molecule has 0 unspecified atom stereocenters. The summed E-state index contributed by atoms with van der Waals surface area (Å²) in [5.41, 5.74) is 1.04. The van der Waals surface area contributed by atoms with E-state index in [0.29, 0.717) is 30.0 Å². The first kappa shape index (κ1) is 23.1. The summed E-state index contributed by atoms with van der Waals surface area (Å²) in [4.78, 5) is 31.9. The van der Waals surface area contributed by atoms with Crippen LogP contribution in [-0.4, -0.2) is 54.7 Å². The number of fused-ring (bicyclic) bond motifs is 2. The summed E-state index contributed by atoms with van der Waals surface area (Å²) in [5.74, 6) is 0.415. The quantitative estimate of drug-likeness (QED) is 0.583. The summed E-state index contributed by atoms with van der Waals surface area (Å²) >= 11 is 0. The van der Waals surface area contributed by atoms with E-state index in [1.807, 2.05) is 4.57 Å². The first-order chi connectivity index (χ1) is 16.8. The van der Waals surface area contributed by atoms with Crippen molar-refractivity contribution in [3.8, 4) is 11.5 Å². The monoisotopic (exact) mass is 478 g/mol. The van der Waals surface area contributed by atoms with Gasteiger partial charge >= 0.3 is 0 Å². The number of carbonyl (C=O) groups is 2. The number of amides is 2. The van der Waals surface area contributed by atoms with Crippen LogP contribution in [0.4, 0.5) is 10.2 Å². The fraction of sp³-hybridized carbons (Fsp3) is 0.400. The lowest BCUT2D eigenvalue weighted by Crippen LogP contribution is -2.45. The van der Waals surface area contributed by atoms with Crippen LogP contribution in [0.2, 0.25) is 0 Å². The van der Waals surface area contributed by atoms with E-state index in [4.69, 9.17) is 0 Å². The number of halogens is 1. The number of hydrogen-bond acceptors (Lipinski definition) is 6. The maximum atomic E-state index is 14.9. The van der Waals surface area contributed by atoms with Gasteiger partial charge in [0.2, 0.25) is 5.91 Å². The van der Waals surface area contributed by atoms with Crippen LogP contribution >= 0.6 is 0 Å². The average molecular weight is 479 g/mol. The highest BCUT2D eigenvalue weighted by molar-refractivity contribution is 6.04. The van der Waals surface area contributed by atoms with E-state index in [-0.39, 0.29) is 30.4 Å². The van der Waals surface area contributed by atoms with Gasteiger partial charge in [-0.3, -0.25) is 9.59 Å². The number of rotatable bonds is 5. The molecule has 2 aliphatic rings. The third-order valence-electron chi connectivity index (χ3n) is 6.64. The minimum absolute atomic E-state index is 0.116. The number of nitrogens with zero attached hydrogens (tertiary/aromatic N) is 5. The molecule has 10 heteroatoms. The van der Waals surface area contributed by atoms with Crippen molar-refractivity contribution in [2.24, 2.45) is 5.41 Å². The Morgan fingerprint density at radius 1 is 1.14 bits per heavy atom. The van der Waals surface area contributed by atoms with Crippen LogP contribution in [0.1, 0.15) is 47.6 Å². The Hall–Kier alpha value is -3.66. The third-order valence-corrected chi connectivity index (χ3v) is 6.64.